The van der Waals surface area contributed by atoms with Crippen molar-refractivity contribution in [2.24, 2.45) is 11.8 Å². The standard InChI is InChI=1S/C12H17NO/c1-13-12(14)11-8-9-6-4-2-3-5-7-10(9)11/h2-3,8-10H,4-7H2,1H3,(H,13,14)/b3-2+. The Morgan fingerprint density at radius 1 is 1.36 bits per heavy atom. The molecule has 0 aromatic rings. The zero-order valence-corrected chi connectivity index (χ0v) is 8.62. The van der Waals surface area contributed by atoms with Gasteiger partial charge in [-0.25, -0.2) is 0 Å². The molecule has 0 aromatic carbocycles. The van der Waals surface area contributed by atoms with E-state index in [4.69, 9.17) is 0 Å². The number of rotatable bonds is 1. The van der Waals surface area contributed by atoms with Gasteiger partial charge in [0.1, 0.15) is 0 Å². The highest BCUT2D eigenvalue weighted by molar-refractivity contribution is 5.95. The van der Waals surface area contributed by atoms with E-state index in [2.05, 4.69) is 23.5 Å². The van der Waals surface area contributed by atoms with Gasteiger partial charge < -0.3 is 5.32 Å². The number of likely N-dealkylation sites (N-methyl/N-ethyl adjacent to an activating group) is 1. The average Bonchev–Trinajstić information content (AvgIpc) is 2.16. The van der Waals surface area contributed by atoms with Crippen molar-refractivity contribution in [3.63, 3.8) is 0 Å². The number of carbonyl (C=O) groups excluding carboxylic acids is 1. The molecular weight excluding hydrogens is 174 g/mol. The molecule has 0 saturated carbocycles. The molecule has 76 valence electrons. The predicted octanol–water partition coefficient (Wildman–Crippen LogP) is 2.04. The van der Waals surface area contributed by atoms with Crippen molar-refractivity contribution in [2.75, 3.05) is 7.05 Å². The fraction of sp³-hybridized carbons (Fsp3) is 0.583. The molecule has 2 nitrogen and oxygen atoms in total. The van der Waals surface area contributed by atoms with Crippen molar-refractivity contribution in [1.82, 2.24) is 5.32 Å². The maximum absolute atomic E-state index is 11.4. The van der Waals surface area contributed by atoms with Crippen molar-refractivity contribution in [3.8, 4) is 0 Å². The Morgan fingerprint density at radius 3 is 2.79 bits per heavy atom. The summed E-state index contributed by atoms with van der Waals surface area (Å²) in [5.41, 5.74) is 1.02. The van der Waals surface area contributed by atoms with Crippen LogP contribution in [0.2, 0.25) is 0 Å². The van der Waals surface area contributed by atoms with Crippen molar-refractivity contribution in [1.29, 1.82) is 0 Å². The molecular formula is C12H17NO. The molecule has 2 atom stereocenters. The quantitative estimate of drug-likeness (QED) is 0.631. The number of nitrogens with one attached hydrogen (secondary N) is 1. The van der Waals surface area contributed by atoms with Crippen LogP contribution < -0.4 is 5.32 Å². The first kappa shape index (κ1) is 9.50. The summed E-state index contributed by atoms with van der Waals surface area (Å²) in [6.45, 7) is 0. The van der Waals surface area contributed by atoms with Crippen molar-refractivity contribution in [2.45, 2.75) is 25.7 Å². The van der Waals surface area contributed by atoms with Crippen LogP contribution >= 0.6 is 0 Å². The van der Waals surface area contributed by atoms with Gasteiger partial charge in [0.25, 0.3) is 0 Å². The van der Waals surface area contributed by atoms with E-state index in [1.165, 1.54) is 12.8 Å². The van der Waals surface area contributed by atoms with Gasteiger partial charge in [-0.05, 0) is 37.5 Å². The Bertz CT molecular complexity index is 291. The lowest BCUT2D eigenvalue weighted by Crippen LogP contribution is -2.35. The first-order valence-corrected chi connectivity index (χ1v) is 5.41. The number of carbonyl (C=O) groups is 1. The molecule has 0 bridgehead atoms. The number of amides is 1. The number of hydrogen-bond donors (Lipinski definition) is 1. The maximum Gasteiger partial charge on any atom is 0.246 e. The van der Waals surface area contributed by atoms with E-state index < -0.39 is 0 Å². The van der Waals surface area contributed by atoms with Crippen LogP contribution in [0, 0.1) is 11.8 Å². The molecule has 2 heteroatoms. The summed E-state index contributed by atoms with van der Waals surface area (Å²) in [5, 5.41) is 2.71. The van der Waals surface area contributed by atoms with Gasteiger partial charge in [0.15, 0.2) is 0 Å². The van der Waals surface area contributed by atoms with Gasteiger partial charge in [-0.1, -0.05) is 18.2 Å². The topological polar surface area (TPSA) is 29.1 Å². The third-order valence-corrected chi connectivity index (χ3v) is 3.28. The van der Waals surface area contributed by atoms with Crippen LogP contribution in [0.5, 0.6) is 0 Å². The van der Waals surface area contributed by atoms with Crippen LogP contribution in [-0.2, 0) is 4.79 Å². The minimum atomic E-state index is 0.121. The summed E-state index contributed by atoms with van der Waals surface area (Å²) >= 11 is 0. The summed E-state index contributed by atoms with van der Waals surface area (Å²) in [6, 6.07) is 0. The molecule has 2 aliphatic carbocycles. The summed E-state index contributed by atoms with van der Waals surface area (Å²) in [5.74, 6) is 1.31. The van der Waals surface area contributed by atoms with Gasteiger partial charge in [0.2, 0.25) is 5.91 Å². The van der Waals surface area contributed by atoms with Crippen LogP contribution in [0.3, 0.4) is 0 Å². The molecule has 2 aliphatic rings. The molecule has 0 radical (unpaired) electrons. The molecule has 14 heavy (non-hydrogen) atoms. The lowest BCUT2D eigenvalue weighted by Gasteiger charge is -2.35. The highest BCUT2D eigenvalue weighted by Crippen LogP contribution is 2.40. The molecule has 1 N–H and O–H groups in total. The molecule has 0 fully saturated rings. The van der Waals surface area contributed by atoms with Gasteiger partial charge in [0, 0.05) is 12.6 Å². The number of hydrogen-bond acceptors (Lipinski definition) is 1. The minimum absolute atomic E-state index is 0.121. The Hall–Kier alpha value is -1.05. The molecule has 2 rings (SSSR count). The fourth-order valence-corrected chi connectivity index (χ4v) is 2.43. The highest BCUT2D eigenvalue weighted by atomic mass is 16.1. The minimum Gasteiger partial charge on any atom is -0.355 e. The third kappa shape index (κ3) is 1.61. The van der Waals surface area contributed by atoms with Crippen molar-refractivity contribution >= 4 is 5.91 Å². The Kier molecular flexibility index (Phi) is 2.71. The molecule has 0 aromatic heterocycles. The van der Waals surface area contributed by atoms with E-state index in [0.717, 1.165) is 18.4 Å². The molecule has 1 amide bonds. The van der Waals surface area contributed by atoms with E-state index in [9.17, 15) is 4.79 Å². The smallest absolute Gasteiger partial charge is 0.246 e. The van der Waals surface area contributed by atoms with Gasteiger partial charge >= 0.3 is 0 Å². The van der Waals surface area contributed by atoms with Crippen molar-refractivity contribution < 1.29 is 4.79 Å². The number of allylic oxidation sites excluding steroid dienone is 3. The lowest BCUT2D eigenvalue weighted by molar-refractivity contribution is -0.118. The number of fused-ring (bicyclic) bond motifs is 1. The second kappa shape index (κ2) is 3.99. The van der Waals surface area contributed by atoms with Crippen LogP contribution in [0.4, 0.5) is 0 Å². The van der Waals surface area contributed by atoms with E-state index in [-0.39, 0.29) is 5.91 Å². The van der Waals surface area contributed by atoms with Gasteiger partial charge in [-0.3, -0.25) is 4.79 Å². The summed E-state index contributed by atoms with van der Waals surface area (Å²) < 4.78 is 0. The van der Waals surface area contributed by atoms with E-state index >= 15 is 0 Å². The van der Waals surface area contributed by atoms with E-state index in [0.29, 0.717) is 11.8 Å². The Labute approximate surface area is 85.1 Å². The van der Waals surface area contributed by atoms with Crippen LogP contribution in [-0.4, -0.2) is 13.0 Å². The zero-order chi connectivity index (χ0) is 9.97. The van der Waals surface area contributed by atoms with E-state index in [1.807, 2.05) is 0 Å². The molecule has 0 saturated heterocycles. The third-order valence-electron chi connectivity index (χ3n) is 3.28. The Balaban J connectivity index is 2.05. The molecule has 2 unspecified atom stereocenters. The molecule has 0 aliphatic heterocycles. The van der Waals surface area contributed by atoms with Gasteiger partial charge in [-0.2, -0.15) is 0 Å². The largest absolute Gasteiger partial charge is 0.355 e. The normalized spacial score (nSPS) is 32.8. The van der Waals surface area contributed by atoms with E-state index in [1.54, 1.807) is 7.05 Å². The predicted molar refractivity (Wildman–Crippen MR) is 56.7 cm³/mol. The highest BCUT2D eigenvalue weighted by Gasteiger charge is 2.34. The molecule has 0 spiro atoms. The monoisotopic (exact) mass is 191 g/mol. The fourth-order valence-electron chi connectivity index (χ4n) is 2.43. The first-order valence-electron chi connectivity index (χ1n) is 5.41. The summed E-state index contributed by atoms with van der Waals surface area (Å²) in [4.78, 5) is 11.4. The first-order chi connectivity index (χ1) is 6.83. The maximum atomic E-state index is 11.4. The lowest BCUT2D eigenvalue weighted by atomic mass is 9.69. The van der Waals surface area contributed by atoms with Crippen LogP contribution in [0.25, 0.3) is 0 Å². The zero-order valence-electron chi connectivity index (χ0n) is 8.62. The van der Waals surface area contributed by atoms with Crippen molar-refractivity contribution in [3.05, 3.63) is 23.8 Å². The average molecular weight is 191 g/mol. The summed E-state index contributed by atoms with van der Waals surface area (Å²) in [6.07, 6.45) is 11.3. The molecule has 0 heterocycles. The SMILES string of the molecule is CNC(=O)C1=CC2CC/C=C/CCC12. The van der Waals surface area contributed by atoms with Gasteiger partial charge in [-0.15, -0.1) is 0 Å². The van der Waals surface area contributed by atoms with Gasteiger partial charge in [0.05, 0.1) is 0 Å². The van der Waals surface area contributed by atoms with Crippen LogP contribution in [0.1, 0.15) is 25.7 Å². The Morgan fingerprint density at radius 2 is 2.07 bits per heavy atom. The second-order valence-corrected chi connectivity index (χ2v) is 4.10. The summed E-state index contributed by atoms with van der Waals surface area (Å²) in [7, 11) is 1.71. The second-order valence-electron chi connectivity index (χ2n) is 4.10. The van der Waals surface area contributed by atoms with Crippen LogP contribution in [0.15, 0.2) is 23.8 Å².